The van der Waals surface area contributed by atoms with Gasteiger partial charge in [-0.15, -0.1) is 11.6 Å². The van der Waals surface area contributed by atoms with Crippen LogP contribution in [-0.4, -0.2) is 11.7 Å². The molecular weight excluding hydrogens is 258 g/mol. The summed E-state index contributed by atoms with van der Waals surface area (Å²) in [4.78, 5) is 12.0. The fourth-order valence-corrected chi connectivity index (χ4v) is 1.55. The molecule has 0 radical (unpaired) electrons. The van der Waals surface area contributed by atoms with Crippen LogP contribution in [0.3, 0.4) is 0 Å². The molecule has 2 N–H and O–H groups in total. The van der Waals surface area contributed by atoms with E-state index in [4.69, 9.17) is 17.3 Å². The Balaban J connectivity index is 0.000000550. The average Bonchev–Trinajstić information content (AvgIpc) is 2.48. The molecule has 19 heavy (non-hydrogen) atoms. The molecule has 0 unspecified atom stereocenters. The van der Waals surface area contributed by atoms with Crippen molar-refractivity contribution in [3.63, 3.8) is 0 Å². The third-order valence-electron chi connectivity index (χ3n) is 2.49. The lowest BCUT2D eigenvalue weighted by Crippen LogP contribution is -2.02. The van der Waals surface area contributed by atoms with Crippen LogP contribution >= 0.6 is 11.6 Å². The number of alkyl halides is 1. The monoisotopic (exact) mass is 275 g/mol. The molecule has 0 heterocycles. The fourth-order valence-electron chi connectivity index (χ4n) is 1.55. The highest BCUT2D eigenvalue weighted by Crippen LogP contribution is 2.10. The molecule has 0 aliphatic rings. The van der Waals surface area contributed by atoms with E-state index in [9.17, 15) is 4.79 Å². The van der Waals surface area contributed by atoms with Crippen LogP contribution in [-0.2, 0) is 6.54 Å². The number of rotatable bonds is 3. The number of nitrogens with two attached hydrogens (primary N) is 1. The summed E-state index contributed by atoms with van der Waals surface area (Å²) in [6, 6.07) is 16.7. The summed E-state index contributed by atoms with van der Waals surface area (Å²) in [5, 5.41) is 0. The highest BCUT2D eigenvalue weighted by molar-refractivity contribution is 6.17. The zero-order valence-corrected chi connectivity index (χ0v) is 11.7. The van der Waals surface area contributed by atoms with Gasteiger partial charge in [-0.2, -0.15) is 0 Å². The topological polar surface area (TPSA) is 43.1 Å². The second-order valence-corrected chi connectivity index (χ2v) is 4.40. The van der Waals surface area contributed by atoms with E-state index in [1.807, 2.05) is 61.5 Å². The van der Waals surface area contributed by atoms with Crippen molar-refractivity contribution < 1.29 is 4.79 Å². The van der Waals surface area contributed by atoms with Gasteiger partial charge in [-0.1, -0.05) is 61.5 Å². The quantitative estimate of drug-likeness (QED) is 0.687. The van der Waals surface area contributed by atoms with Gasteiger partial charge < -0.3 is 5.73 Å². The van der Waals surface area contributed by atoms with E-state index in [-0.39, 0.29) is 5.78 Å². The van der Waals surface area contributed by atoms with Gasteiger partial charge in [0.05, 0.1) is 0 Å². The first-order valence-corrected chi connectivity index (χ1v) is 6.71. The lowest BCUT2D eigenvalue weighted by Gasteiger charge is -2.02. The Kier molecular flexibility index (Phi) is 6.86. The molecule has 0 spiro atoms. The zero-order valence-electron chi connectivity index (χ0n) is 11.0. The highest BCUT2D eigenvalue weighted by atomic mass is 35.5. The van der Waals surface area contributed by atoms with Gasteiger partial charge in [0.1, 0.15) is 0 Å². The lowest BCUT2D eigenvalue weighted by atomic mass is 10.0. The molecule has 0 bridgehead atoms. The van der Waals surface area contributed by atoms with E-state index in [1.54, 1.807) is 0 Å². The van der Waals surface area contributed by atoms with E-state index in [0.717, 1.165) is 11.4 Å². The van der Waals surface area contributed by atoms with Crippen molar-refractivity contribution in [1.82, 2.24) is 0 Å². The number of hydrogen-bond donors (Lipinski definition) is 1. The zero-order chi connectivity index (χ0) is 14.1. The summed E-state index contributed by atoms with van der Waals surface area (Å²) in [7, 11) is 0. The maximum Gasteiger partial charge on any atom is 0.193 e. The van der Waals surface area contributed by atoms with Crippen LogP contribution < -0.4 is 5.73 Å². The van der Waals surface area contributed by atoms with E-state index < -0.39 is 0 Å². The smallest absolute Gasteiger partial charge is 0.193 e. The van der Waals surface area contributed by atoms with Gasteiger partial charge in [-0.25, -0.2) is 0 Å². The highest BCUT2D eigenvalue weighted by Gasteiger charge is 2.07. The van der Waals surface area contributed by atoms with Crippen LogP contribution in [0.15, 0.2) is 54.6 Å². The Morgan fingerprint density at radius 3 is 1.95 bits per heavy atom. The number of carbonyl (C=O) groups is 1. The van der Waals surface area contributed by atoms with Crippen molar-refractivity contribution in [2.45, 2.75) is 13.5 Å². The van der Waals surface area contributed by atoms with Crippen LogP contribution in [0.25, 0.3) is 0 Å². The molecule has 0 saturated carbocycles. The van der Waals surface area contributed by atoms with Crippen molar-refractivity contribution in [1.29, 1.82) is 0 Å². The second kappa shape index (κ2) is 8.46. The molecule has 2 nitrogen and oxygen atoms in total. The first kappa shape index (κ1) is 15.4. The number of carbonyl (C=O) groups excluding carboxylic acids is 1. The molecule has 0 fully saturated rings. The number of ketones is 1. The predicted molar refractivity (Wildman–Crippen MR) is 80.6 cm³/mol. The minimum absolute atomic E-state index is 0.0455. The summed E-state index contributed by atoms with van der Waals surface area (Å²) >= 11 is 5.00. The van der Waals surface area contributed by atoms with E-state index in [0.29, 0.717) is 17.7 Å². The maximum atomic E-state index is 12.0. The van der Waals surface area contributed by atoms with Crippen LogP contribution in [0, 0.1) is 0 Å². The van der Waals surface area contributed by atoms with Crippen molar-refractivity contribution >= 4 is 17.4 Å². The Morgan fingerprint density at radius 2 is 1.47 bits per heavy atom. The van der Waals surface area contributed by atoms with Gasteiger partial charge in [0, 0.05) is 23.6 Å². The second-order valence-electron chi connectivity index (χ2n) is 3.86. The molecule has 2 aromatic carbocycles. The average molecular weight is 276 g/mol. The summed E-state index contributed by atoms with van der Waals surface area (Å²) in [5.74, 6) is 0.768. The van der Waals surface area contributed by atoms with Crippen molar-refractivity contribution in [3.05, 3.63) is 71.3 Å². The molecule has 0 aliphatic carbocycles. The Morgan fingerprint density at radius 1 is 1.00 bits per heavy atom. The molecular formula is C16H18ClNO. The van der Waals surface area contributed by atoms with Gasteiger partial charge in [0.2, 0.25) is 0 Å². The molecule has 0 aliphatic heterocycles. The molecule has 100 valence electrons. The molecule has 0 aromatic heterocycles. The maximum absolute atomic E-state index is 12.0. The molecule has 2 aromatic rings. The first-order valence-electron chi connectivity index (χ1n) is 6.17. The predicted octanol–water partition coefficient (Wildman–Crippen LogP) is 3.62. The van der Waals surface area contributed by atoms with Gasteiger partial charge in [0.15, 0.2) is 5.78 Å². The lowest BCUT2D eigenvalue weighted by molar-refractivity contribution is 0.103. The van der Waals surface area contributed by atoms with Gasteiger partial charge in [-0.05, 0) is 5.56 Å². The van der Waals surface area contributed by atoms with Crippen LogP contribution in [0.2, 0.25) is 0 Å². The number of halogens is 1. The largest absolute Gasteiger partial charge is 0.326 e. The summed E-state index contributed by atoms with van der Waals surface area (Å²) in [5.41, 5.74) is 7.94. The SMILES string of the molecule is CCCl.NCc1ccc(C(=O)c2ccccc2)cc1. The minimum Gasteiger partial charge on any atom is -0.326 e. The molecule has 2 rings (SSSR count). The third kappa shape index (κ3) is 4.86. The van der Waals surface area contributed by atoms with Crippen LogP contribution in [0.1, 0.15) is 28.4 Å². The minimum atomic E-state index is 0.0455. The van der Waals surface area contributed by atoms with Gasteiger partial charge in [0.25, 0.3) is 0 Å². The molecule has 0 atom stereocenters. The number of hydrogen-bond acceptors (Lipinski definition) is 2. The van der Waals surface area contributed by atoms with E-state index in [1.165, 1.54) is 0 Å². The molecule has 0 saturated heterocycles. The van der Waals surface area contributed by atoms with Crippen LogP contribution in [0.4, 0.5) is 0 Å². The van der Waals surface area contributed by atoms with Crippen molar-refractivity contribution in [2.24, 2.45) is 5.73 Å². The van der Waals surface area contributed by atoms with Gasteiger partial charge in [-0.3, -0.25) is 4.79 Å². The van der Waals surface area contributed by atoms with Gasteiger partial charge >= 0.3 is 0 Å². The van der Waals surface area contributed by atoms with Crippen molar-refractivity contribution in [3.8, 4) is 0 Å². The summed E-state index contributed by atoms with van der Waals surface area (Å²) in [6.45, 7) is 2.39. The van der Waals surface area contributed by atoms with Crippen molar-refractivity contribution in [2.75, 3.05) is 5.88 Å². The Labute approximate surface area is 119 Å². The third-order valence-corrected chi connectivity index (χ3v) is 2.49. The molecule has 3 heteroatoms. The Hall–Kier alpha value is -1.64. The van der Waals surface area contributed by atoms with E-state index >= 15 is 0 Å². The summed E-state index contributed by atoms with van der Waals surface area (Å²) in [6.07, 6.45) is 0. The van der Waals surface area contributed by atoms with E-state index in [2.05, 4.69) is 0 Å². The number of benzene rings is 2. The normalized spacial score (nSPS) is 9.42. The Bertz CT molecular complexity index is 494. The fraction of sp³-hybridized carbons (Fsp3) is 0.188. The molecule has 0 amide bonds. The van der Waals surface area contributed by atoms with Crippen LogP contribution in [0.5, 0.6) is 0 Å². The first-order chi connectivity index (χ1) is 9.22. The standard InChI is InChI=1S/C14H13NO.C2H5Cl/c15-10-11-6-8-13(9-7-11)14(16)12-4-2-1-3-5-12;1-2-3/h1-9H,10,15H2;2H2,1H3. The summed E-state index contributed by atoms with van der Waals surface area (Å²) < 4.78 is 0.